The van der Waals surface area contributed by atoms with Crippen LogP contribution >= 0.6 is 0 Å². The Kier molecular flexibility index (Phi) is 5.00. The van der Waals surface area contributed by atoms with Crippen molar-refractivity contribution in [3.8, 4) is 11.5 Å². The van der Waals surface area contributed by atoms with Gasteiger partial charge in [0, 0.05) is 25.1 Å². The summed E-state index contributed by atoms with van der Waals surface area (Å²) in [6.07, 6.45) is 3.16. The molecule has 152 valence electrons. The van der Waals surface area contributed by atoms with E-state index in [4.69, 9.17) is 0 Å². The summed E-state index contributed by atoms with van der Waals surface area (Å²) in [6, 6.07) is 8.44. The fraction of sp³-hybridized carbons (Fsp3) is 0.105. The Bertz CT molecular complexity index is 1170. The summed E-state index contributed by atoms with van der Waals surface area (Å²) in [6.45, 7) is 0.176. The molecular formula is C19H14F3N7O. The minimum atomic E-state index is -4.56. The van der Waals surface area contributed by atoms with Gasteiger partial charge in [-0.1, -0.05) is 17.3 Å². The summed E-state index contributed by atoms with van der Waals surface area (Å²) in [5, 5.41) is 10.0. The Morgan fingerprint density at radius 3 is 2.73 bits per heavy atom. The van der Waals surface area contributed by atoms with Crippen molar-refractivity contribution in [2.75, 3.05) is 0 Å². The number of carbonyl (C=O) groups excluding carboxylic acids is 1. The summed E-state index contributed by atoms with van der Waals surface area (Å²) in [5.74, 6) is 0.0701. The predicted octanol–water partition coefficient (Wildman–Crippen LogP) is 2.80. The second-order valence-electron chi connectivity index (χ2n) is 6.24. The summed E-state index contributed by atoms with van der Waals surface area (Å²) in [4.78, 5) is 20.6. The predicted molar refractivity (Wildman–Crippen MR) is 98.9 cm³/mol. The average molecular weight is 413 g/mol. The highest BCUT2D eigenvalue weighted by Crippen LogP contribution is 2.33. The van der Waals surface area contributed by atoms with Gasteiger partial charge in [0.25, 0.3) is 5.91 Å². The Morgan fingerprint density at radius 1 is 1.13 bits per heavy atom. The highest BCUT2D eigenvalue weighted by Gasteiger charge is 2.34. The minimum Gasteiger partial charge on any atom is -0.347 e. The van der Waals surface area contributed by atoms with Crippen LogP contribution in [0.1, 0.15) is 21.6 Å². The number of halogens is 3. The van der Waals surface area contributed by atoms with Crippen LogP contribution < -0.4 is 5.32 Å². The fourth-order valence-corrected chi connectivity index (χ4v) is 2.78. The molecule has 0 bridgehead atoms. The molecule has 0 saturated heterocycles. The molecular weight excluding hydrogens is 399 g/mol. The van der Waals surface area contributed by atoms with Crippen LogP contribution in [0.4, 0.5) is 13.2 Å². The van der Waals surface area contributed by atoms with Crippen molar-refractivity contribution in [2.24, 2.45) is 0 Å². The molecule has 3 heterocycles. The van der Waals surface area contributed by atoms with E-state index in [2.05, 4.69) is 25.6 Å². The van der Waals surface area contributed by atoms with Crippen molar-refractivity contribution in [3.05, 3.63) is 84.3 Å². The summed E-state index contributed by atoms with van der Waals surface area (Å²) in [5.41, 5.74) is -0.408. The minimum absolute atomic E-state index is 0.101. The number of alkyl halides is 3. The van der Waals surface area contributed by atoms with Gasteiger partial charge in [-0.15, -0.1) is 5.10 Å². The SMILES string of the molecule is O=C(NCc1ccnc(-n2ccnc2)c1)c1cn(-c2ccccc2C(F)(F)F)nn1. The average Bonchev–Trinajstić information content (AvgIpc) is 3.44. The highest BCUT2D eigenvalue weighted by atomic mass is 19.4. The third kappa shape index (κ3) is 4.04. The van der Waals surface area contributed by atoms with E-state index in [1.165, 1.54) is 18.2 Å². The molecule has 0 aliphatic rings. The van der Waals surface area contributed by atoms with Crippen LogP contribution in [0.5, 0.6) is 0 Å². The molecule has 0 atom stereocenters. The van der Waals surface area contributed by atoms with Gasteiger partial charge in [-0.2, -0.15) is 13.2 Å². The van der Waals surface area contributed by atoms with Crippen LogP contribution in [0.25, 0.3) is 11.5 Å². The molecule has 4 aromatic rings. The number of nitrogens with zero attached hydrogens (tertiary/aromatic N) is 6. The second kappa shape index (κ2) is 7.78. The molecule has 0 radical (unpaired) electrons. The molecule has 1 aromatic carbocycles. The number of para-hydroxylation sites is 1. The molecule has 30 heavy (non-hydrogen) atoms. The smallest absolute Gasteiger partial charge is 0.347 e. The number of pyridine rings is 1. The molecule has 8 nitrogen and oxygen atoms in total. The maximum absolute atomic E-state index is 13.2. The zero-order valence-corrected chi connectivity index (χ0v) is 15.3. The lowest BCUT2D eigenvalue weighted by Gasteiger charge is -2.11. The van der Waals surface area contributed by atoms with Gasteiger partial charge in [-0.05, 0) is 29.8 Å². The monoisotopic (exact) mass is 413 g/mol. The largest absolute Gasteiger partial charge is 0.418 e. The normalized spacial score (nSPS) is 11.4. The van der Waals surface area contributed by atoms with E-state index in [9.17, 15) is 18.0 Å². The van der Waals surface area contributed by atoms with Gasteiger partial charge in [0.1, 0.15) is 12.1 Å². The van der Waals surface area contributed by atoms with Gasteiger partial charge in [0.2, 0.25) is 0 Å². The van der Waals surface area contributed by atoms with Crippen molar-refractivity contribution >= 4 is 5.91 Å². The first kappa shape index (κ1) is 19.3. The lowest BCUT2D eigenvalue weighted by Crippen LogP contribution is -2.23. The number of rotatable bonds is 5. The molecule has 0 unspecified atom stereocenters. The van der Waals surface area contributed by atoms with E-state index in [1.807, 2.05) is 0 Å². The van der Waals surface area contributed by atoms with E-state index < -0.39 is 17.6 Å². The molecule has 3 aromatic heterocycles. The molecule has 0 aliphatic carbocycles. The lowest BCUT2D eigenvalue weighted by molar-refractivity contribution is -0.137. The molecule has 0 spiro atoms. The van der Waals surface area contributed by atoms with Gasteiger partial charge >= 0.3 is 6.18 Å². The number of imidazole rings is 1. The zero-order chi connectivity index (χ0) is 21.1. The molecule has 0 fully saturated rings. The lowest BCUT2D eigenvalue weighted by atomic mass is 10.1. The Morgan fingerprint density at radius 2 is 1.97 bits per heavy atom. The molecule has 0 saturated carbocycles. The molecule has 11 heteroatoms. The fourth-order valence-electron chi connectivity index (χ4n) is 2.78. The molecule has 0 aliphatic heterocycles. The van der Waals surface area contributed by atoms with E-state index >= 15 is 0 Å². The van der Waals surface area contributed by atoms with Crippen LogP contribution in [0.3, 0.4) is 0 Å². The number of carbonyl (C=O) groups is 1. The van der Waals surface area contributed by atoms with Gasteiger partial charge in [0.15, 0.2) is 5.69 Å². The van der Waals surface area contributed by atoms with Crippen LogP contribution in [0, 0.1) is 0 Å². The Hall–Kier alpha value is -4.02. The van der Waals surface area contributed by atoms with Crippen molar-refractivity contribution in [1.29, 1.82) is 0 Å². The number of aromatic nitrogens is 6. The number of nitrogens with one attached hydrogen (secondary N) is 1. The van der Waals surface area contributed by atoms with Crippen LogP contribution in [-0.4, -0.2) is 35.4 Å². The van der Waals surface area contributed by atoms with Gasteiger partial charge in [0.05, 0.1) is 17.4 Å². The third-order valence-corrected chi connectivity index (χ3v) is 4.21. The van der Waals surface area contributed by atoms with Crippen molar-refractivity contribution in [3.63, 3.8) is 0 Å². The maximum Gasteiger partial charge on any atom is 0.418 e. The van der Waals surface area contributed by atoms with Crippen LogP contribution in [-0.2, 0) is 12.7 Å². The second-order valence-corrected chi connectivity index (χ2v) is 6.24. The standard InChI is InChI=1S/C19H14F3N7O/c20-19(21,22)14-3-1-2-4-16(14)29-11-15(26-27-29)18(30)25-10-13-5-6-24-17(9-13)28-8-7-23-12-28/h1-9,11-12H,10H2,(H,25,30). The number of benzene rings is 1. The maximum atomic E-state index is 13.2. The first-order valence-corrected chi connectivity index (χ1v) is 8.72. The van der Waals surface area contributed by atoms with Gasteiger partial charge < -0.3 is 5.32 Å². The van der Waals surface area contributed by atoms with Crippen molar-refractivity contribution < 1.29 is 18.0 Å². The van der Waals surface area contributed by atoms with E-state index in [0.29, 0.717) is 5.82 Å². The molecule has 4 rings (SSSR count). The summed E-state index contributed by atoms with van der Waals surface area (Å²) in [7, 11) is 0. The van der Waals surface area contributed by atoms with Crippen molar-refractivity contribution in [1.82, 2.24) is 34.8 Å². The first-order chi connectivity index (χ1) is 14.4. The van der Waals surface area contributed by atoms with E-state index in [1.54, 1.807) is 41.6 Å². The summed E-state index contributed by atoms with van der Waals surface area (Å²) < 4.78 is 42.2. The highest BCUT2D eigenvalue weighted by molar-refractivity contribution is 5.91. The topological polar surface area (TPSA) is 90.5 Å². The van der Waals surface area contributed by atoms with Gasteiger partial charge in [-0.3, -0.25) is 9.36 Å². The first-order valence-electron chi connectivity index (χ1n) is 8.72. The number of hydrogen-bond donors (Lipinski definition) is 1. The number of amides is 1. The molecule has 1 N–H and O–H groups in total. The number of hydrogen-bond acceptors (Lipinski definition) is 5. The summed E-state index contributed by atoms with van der Waals surface area (Å²) >= 11 is 0. The van der Waals surface area contributed by atoms with E-state index in [-0.39, 0.29) is 17.9 Å². The van der Waals surface area contributed by atoms with E-state index in [0.717, 1.165) is 22.5 Å². The van der Waals surface area contributed by atoms with Crippen LogP contribution in [0.2, 0.25) is 0 Å². The molecule has 1 amide bonds. The van der Waals surface area contributed by atoms with Gasteiger partial charge in [-0.25, -0.2) is 14.6 Å². The quantitative estimate of drug-likeness (QED) is 0.543. The van der Waals surface area contributed by atoms with Crippen molar-refractivity contribution in [2.45, 2.75) is 12.7 Å². The third-order valence-electron chi connectivity index (χ3n) is 4.21. The Labute approximate surface area is 168 Å². The Balaban J connectivity index is 1.48. The zero-order valence-electron chi connectivity index (χ0n) is 15.3. The van der Waals surface area contributed by atoms with Crippen LogP contribution in [0.15, 0.2) is 67.5 Å².